The summed E-state index contributed by atoms with van der Waals surface area (Å²) in [4.78, 5) is 8.84. The number of thioether (sulfide) groups is 1. The number of nitrogens with two attached hydrogens (primary N) is 1. The van der Waals surface area contributed by atoms with Crippen molar-refractivity contribution in [2.75, 3.05) is 12.0 Å². The predicted octanol–water partition coefficient (Wildman–Crippen LogP) is 2.57. The minimum atomic E-state index is 0.208. The third-order valence-electron chi connectivity index (χ3n) is 1.93. The second-order valence-electron chi connectivity index (χ2n) is 3.01. The highest BCUT2D eigenvalue weighted by Gasteiger charge is 2.04. The zero-order chi connectivity index (χ0) is 11.4. The number of hydrogen-bond donors (Lipinski definition) is 1. The average molecular weight is 233 g/mol. The van der Waals surface area contributed by atoms with Gasteiger partial charge in [0.15, 0.2) is 0 Å². The van der Waals surface area contributed by atoms with Gasteiger partial charge in [-0.1, -0.05) is 12.1 Å². The topological polar surface area (TPSA) is 61.0 Å². The van der Waals surface area contributed by atoms with Gasteiger partial charge in [0.05, 0.1) is 0 Å². The predicted molar refractivity (Wildman–Crippen MR) is 64.7 cm³/mol. The van der Waals surface area contributed by atoms with Crippen LogP contribution in [0.1, 0.15) is 0 Å². The summed E-state index contributed by atoms with van der Waals surface area (Å²) in [5.74, 6) is 1.43. The fraction of sp³-hybridized carbons (Fsp3) is 0.0909. The molecule has 0 saturated heterocycles. The molecule has 0 bridgehead atoms. The highest BCUT2D eigenvalue weighted by atomic mass is 32.2. The number of ether oxygens (including phenoxy) is 1. The normalized spacial score (nSPS) is 10.1. The van der Waals surface area contributed by atoms with Gasteiger partial charge in [0.25, 0.3) is 0 Å². The van der Waals surface area contributed by atoms with Crippen LogP contribution in [0.3, 0.4) is 0 Å². The fourth-order valence-corrected chi connectivity index (χ4v) is 1.75. The van der Waals surface area contributed by atoms with Crippen LogP contribution in [-0.4, -0.2) is 16.2 Å². The maximum Gasteiger partial charge on any atom is 0.224 e. The molecular formula is C11H11N3OS. The van der Waals surface area contributed by atoms with Gasteiger partial charge in [-0.2, -0.15) is 4.98 Å². The highest BCUT2D eigenvalue weighted by Crippen LogP contribution is 2.30. The fourth-order valence-electron chi connectivity index (χ4n) is 1.23. The van der Waals surface area contributed by atoms with Gasteiger partial charge in [0, 0.05) is 17.2 Å². The number of anilines is 1. The smallest absolute Gasteiger partial charge is 0.224 e. The molecule has 0 aliphatic carbocycles. The molecule has 2 aromatic rings. The van der Waals surface area contributed by atoms with Gasteiger partial charge in [-0.15, -0.1) is 11.8 Å². The Balaban J connectivity index is 2.26. The third-order valence-corrected chi connectivity index (χ3v) is 2.71. The molecule has 0 aliphatic heterocycles. The molecule has 4 nitrogen and oxygen atoms in total. The van der Waals surface area contributed by atoms with Crippen LogP contribution in [0, 0.1) is 0 Å². The Bertz CT molecular complexity index is 490. The molecule has 0 amide bonds. The molecule has 82 valence electrons. The minimum Gasteiger partial charge on any atom is -0.438 e. The lowest BCUT2D eigenvalue weighted by molar-refractivity contribution is 0.452. The first-order valence-corrected chi connectivity index (χ1v) is 5.91. The van der Waals surface area contributed by atoms with Crippen molar-refractivity contribution in [3.8, 4) is 11.6 Å². The lowest BCUT2D eigenvalue weighted by Crippen LogP contribution is -1.96. The third kappa shape index (κ3) is 2.43. The van der Waals surface area contributed by atoms with Crippen molar-refractivity contribution in [3.05, 3.63) is 36.5 Å². The summed E-state index contributed by atoms with van der Waals surface area (Å²) in [5, 5.41) is 0. The van der Waals surface area contributed by atoms with Crippen molar-refractivity contribution >= 4 is 17.7 Å². The van der Waals surface area contributed by atoms with E-state index in [1.54, 1.807) is 24.0 Å². The van der Waals surface area contributed by atoms with Crippen molar-refractivity contribution in [1.82, 2.24) is 9.97 Å². The number of aromatic nitrogens is 2. The van der Waals surface area contributed by atoms with Crippen LogP contribution in [0.5, 0.6) is 11.6 Å². The Morgan fingerprint density at radius 3 is 2.81 bits per heavy atom. The Morgan fingerprint density at radius 1 is 1.25 bits per heavy atom. The van der Waals surface area contributed by atoms with Crippen LogP contribution in [0.15, 0.2) is 41.4 Å². The van der Waals surface area contributed by atoms with Crippen molar-refractivity contribution < 1.29 is 4.74 Å². The molecule has 1 aromatic heterocycles. The van der Waals surface area contributed by atoms with Crippen LogP contribution in [0.25, 0.3) is 0 Å². The van der Waals surface area contributed by atoms with Gasteiger partial charge in [-0.05, 0) is 18.4 Å². The summed E-state index contributed by atoms with van der Waals surface area (Å²) in [7, 11) is 0. The summed E-state index contributed by atoms with van der Waals surface area (Å²) < 4.78 is 5.63. The molecule has 0 unspecified atom stereocenters. The van der Waals surface area contributed by atoms with E-state index in [0.29, 0.717) is 5.88 Å². The number of nitrogens with zero attached hydrogens (tertiary/aromatic N) is 2. The molecule has 0 atom stereocenters. The first kappa shape index (κ1) is 10.8. The number of hydrogen-bond acceptors (Lipinski definition) is 5. The molecule has 16 heavy (non-hydrogen) atoms. The van der Waals surface area contributed by atoms with Crippen molar-refractivity contribution in [2.24, 2.45) is 0 Å². The van der Waals surface area contributed by atoms with E-state index in [4.69, 9.17) is 10.5 Å². The summed E-state index contributed by atoms with van der Waals surface area (Å²) >= 11 is 1.62. The lowest BCUT2D eigenvalue weighted by Gasteiger charge is -2.08. The molecule has 2 rings (SSSR count). The highest BCUT2D eigenvalue weighted by molar-refractivity contribution is 7.98. The van der Waals surface area contributed by atoms with E-state index in [0.717, 1.165) is 10.6 Å². The summed E-state index contributed by atoms with van der Waals surface area (Å²) in [6, 6.07) is 9.44. The van der Waals surface area contributed by atoms with E-state index in [1.807, 2.05) is 30.5 Å². The van der Waals surface area contributed by atoms with E-state index in [9.17, 15) is 0 Å². The molecule has 0 radical (unpaired) electrons. The zero-order valence-corrected chi connectivity index (χ0v) is 9.57. The Labute approximate surface area is 97.9 Å². The van der Waals surface area contributed by atoms with E-state index in [2.05, 4.69) is 9.97 Å². The first-order valence-electron chi connectivity index (χ1n) is 4.69. The van der Waals surface area contributed by atoms with Crippen LogP contribution < -0.4 is 10.5 Å². The van der Waals surface area contributed by atoms with E-state index < -0.39 is 0 Å². The van der Waals surface area contributed by atoms with E-state index in [-0.39, 0.29) is 5.95 Å². The Morgan fingerprint density at radius 2 is 2.06 bits per heavy atom. The molecule has 5 heteroatoms. The van der Waals surface area contributed by atoms with Crippen LogP contribution in [-0.2, 0) is 0 Å². The van der Waals surface area contributed by atoms with Crippen LogP contribution in [0.4, 0.5) is 5.95 Å². The molecular weight excluding hydrogens is 222 g/mol. The van der Waals surface area contributed by atoms with Gasteiger partial charge in [0.2, 0.25) is 11.8 Å². The maximum absolute atomic E-state index is 5.63. The van der Waals surface area contributed by atoms with Gasteiger partial charge in [-0.3, -0.25) is 0 Å². The van der Waals surface area contributed by atoms with Gasteiger partial charge >= 0.3 is 0 Å². The standard InChI is InChI=1S/C11H11N3OS/c1-16-9-5-3-2-4-8(9)15-10-6-7-13-11(12)14-10/h2-7H,1H3,(H2,12,13,14). The number of para-hydroxylation sites is 1. The summed E-state index contributed by atoms with van der Waals surface area (Å²) in [6.45, 7) is 0. The van der Waals surface area contributed by atoms with Crippen LogP contribution >= 0.6 is 11.8 Å². The van der Waals surface area contributed by atoms with Crippen molar-refractivity contribution in [1.29, 1.82) is 0 Å². The summed E-state index contributed by atoms with van der Waals surface area (Å²) in [5.41, 5.74) is 5.48. The SMILES string of the molecule is CSc1ccccc1Oc1ccnc(N)n1. The number of nitrogen functional groups attached to an aromatic ring is 1. The quantitative estimate of drug-likeness (QED) is 0.825. The molecule has 0 spiro atoms. The maximum atomic E-state index is 5.63. The monoisotopic (exact) mass is 233 g/mol. The molecule has 2 N–H and O–H groups in total. The number of benzene rings is 1. The Hall–Kier alpha value is -1.75. The molecule has 1 aromatic carbocycles. The van der Waals surface area contributed by atoms with Gasteiger partial charge < -0.3 is 10.5 Å². The second-order valence-corrected chi connectivity index (χ2v) is 3.85. The van der Waals surface area contributed by atoms with Crippen LogP contribution in [0.2, 0.25) is 0 Å². The number of rotatable bonds is 3. The molecule has 0 saturated carbocycles. The molecule has 0 fully saturated rings. The van der Waals surface area contributed by atoms with Crippen molar-refractivity contribution in [3.63, 3.8) is 0 Å². The average Bonchev–Trinajstić information content (AvgIpc) is 2.30. The first-order chi connectivity index (χ1) is 7.79. The van der Waals surface area contributed by atoms with Crippen molar-refractivity contribution in [2.45, 2.75) is 4.90 Å². The second kappa shape index (κ2) is 4.85. The zero-order valence-electron chi connectivity index (χ0n) is 8.75. The van der Waals surface area contributed by atoms with E-state index in [1.165, 1.54) is 0 Å². The minimum absolute atomic E-state index is 0.208. The Kier molecular flexibility index (Phi) is 3.26. The lowest BCUT2D eigenvalue weighted by atomic mass is 10.3. The van der Waals surface area contributed by atoms with Gasteiger partial charge in [0.1, 0.15) is 5.75 Å². The molecule has 1 heterocycles. The van der Waals surface area contributed by atoms with Gasteiger partial charge in [-0.25, -0.2) is 4.98 Å². The van der Waals surface area contributed by atoms with E-state index >= 15 is 0 Å². The summed E-state index contributed by atoms with van der Waals surface area (Å²) in [6.07, 6.45) is 3.57. The largest absolute Gasteiger partial charge is 0.438 e. The molecule has 0 aliphatic rings.